The number of halogens is 1. The lowest BCUT2D eigenvalue weighted by Crippen LogP contribution is -1.93. The van der Waals surface area contributed by atoms with E-state index in [1.807, 2.05) is 12.1 Å². The number of para-hydroxylation sites is 2. The number of hydrogen-bond acceptors (Lipinski definition) is 2. The van der Waals surface area contributed by atoms with Crippen LogP contribution in [0.3, 0.4) is 0 Å². The highest BCUT2D eigenvalue weighted by Gasteiger charge is 2.13. The van der Waals surface area contributed by atoms with E-state index in [1.54, 1.807) is 6.20 Å². The minimum Gasteiger partial charge on any atom is -0.309 e. The Balaban J connectivity index is 1.84. The molecule has 0 saturated heterocycles. The van der Waals surface area contributed by atoms with Crippen LogP contribution in [0.1, 0.15) is 0 Å². The fraction of sp³-hybridized carbons (Fsp3) is 0. The lowest BCUT2D eigenvalue weighted by molar-refractivity contribution is 1.17. The molecular formula is C22H14ClN3. The van der Waals surface area contributed by atoms with Crippen molar-refractivity contribution in [3.63, 3.8) is 0 Å². The van der Waals surface area contributed by atoms with Crippen LogP contribution < -0.4 is 0 Å². The van der Waals surface area contributed by atoms with Crippen LogP contribution in [-0.2, 0) is 0 Å². The van der Waals surface area contributed by atoms with Crippen LogP contribution in [0.2, 0.25) is 5.28 Å². The maximum Gasteiger partial charge on any atom is 0.222 e. The maximum atomic E-state index is 5.97. The normalized spacial score (nSPS) is 11.3. The van der Waals surface area contributed by atoms with E-state index in [2.05, 4.69) is 81.3 Å². The van der Waals surface area contributed by atoms with Crippen LogP contribution >= 0.6 is 11.6 Å². The van der Waals surface area contributed by atoms with Gasteiger partial charge in [0.25, 0.3) is 0 Å². The fourth-order valence-electron chi connectivity index (χ4n) is 3.48. The van der Waals surface area contributed by atoms with E-state index in [-0.39, 0.29) is 5.28 Å². The second kappa shape index (κ2) is 5.97. The molecule has 0 amide bonds. The van der Waals surface area contributed by atoms with Gasteiger partial charge < -0.3 is 4.57 Å². The van der Waals surface area contributed by atoms with Gasteiger partial charge >= 0.3 is 0 Å². The molecule has 3 nitrogen and oxygen atoms in total. The molecule has 0 aliphatic heterocycles. The van der Waals surface area contributed by atoms with Gasteiger partial charge in [-0.15, -0.1) is 0 Å². The molecule has 0 atom stereocenters. The Morgan fingerprint density at radius 1 is 0.731 bits per heavy atom. The van der Waals surface area contributed by atoms with E-state index in [1.165, 1.54) is 21.8 Å². The molecule has 0 unspecified atom stereocenters. The standard InChI is InChI=1S/C22H14ClN3/c23-22-24-13-12-19(25-22)15-10-11-21-18(14-15)17-8-4-5-9-20(17)26(21)16-6-2-1-3-7-16/h1-14H. The van der Waals surface area contributed by atoms with Gasteiger partial charge in [0, 0.05) is 28.2 Å². The number of aromatic nitrogens is 3. The Bertz CT molecular complexity index is 1240. The first kappa shape index (κ1) is 15.1. The van der Waals surface area contributed by atoms with E-state index in [4.69, 9.17) is 11.6 Å². The van der Waals surface area contributed by atoms with Gasteiger partial charge in [-0.1, -0.05) is 42.5 Å². The number of benzene rings is 3. The lowest BCUT2D eigenvalue weighted by Gasteiger charge is -2.07. The van der Waals surface area contributed by atoms with Crippen LogP contribution in [0.15, 0.2) is 85.1 Å². The van der Waals surface area contributed by atoms with E-state index in [0.29, 0.717) is 0 Å². The minimum absolute atomic E-state index is 0.259. The summed E-state index contributed by atoms with van der Waals surface area (Å²) in [6, 6.07) is 27.2. The molecule has 124 valence electrons. The molecule has 5 rings (SSSR count). The number of hydrogen-bond donors (Lipinski definition) is 0. The van der Waals surface area contributed by atoms with Crippen molar-refractivity contribution in [1.29, 1.82) is 0 Å². The molecule has 0 saturated carbocycles. The summed E-state index contributed by atoms with van der Waals surface area (Å²) in [4.78, 5) is 8.31. The van der Waals surface area contributed by atoms with Crippen molar-refractivity contribution in [2.75, 3.05) is 0 Å². The number of nitrogens with zero attached hydrogens (tertiary/aromatic N) is 3. The summed E-state index contributed by atoms with van der Waals surface area (Å²) >= 11 is 5.97. The Morgan fingerprint density at radius 2 is 1.50 bits per heavy atom. The van der Waals surface area contributed by atoms with Crippen molar-refractivity contribution < 1.29 is 0 Å². The number of rotatable bonds is 2. The molecule has 3 aromatic carbocycles. The molecule has 0 radical (unpaired) electrons. The van der Waals surface area contributed by atoms with Crippen molar-refractivity contribution >= 4 is 33.4 Å². The zero-order valence-electron chi connectivity index (χ0n) is 13.8. The molecule has 4 heteroatoms. The fourth-order valence-corrected chi connectivity index (χ4v) is 3.63. The zero-order valence-corrected chi connectivity index (χ0v) is 14.6. The molecular weight excluding hydrogens is 342 g/mol. The molecule has 2 heterocycles. The van der Waals surface area contributed by atoms with E-state index in [0.717, 1.165) is 16.9 Å². The van der Waals surface area contributed by atoms with Crippen molar-refractivity contribution in [2.45, 2.75) is 0 Å². The molecule has 0 aliphatic rings. The quantitative estimate of drug-likeness (QED) is 0.369. The van der Waals surface area contributed by atoms with E-state index in [9.17, 15) is 0 Å². The van der Waals surface area contributed by atoms with Gasteiger partial charge in [-0.05, 0) is 48.0 Å². The first-order valence-electron chi connectivity index (χ1n) is 8.39. The summed E-state index contributed by atoms with van der Waals surface area (Å²) in [6.45, 7) is 0. The van der Waals surface area contributed by atoms with Crippen molar-refractivity contribution in [3.8, 4) is 16.9 Å². The Labute approximate surface area is 155 Å². The molecule has 26 heavy (non-hydrogen) atoms. The molecule has 5 aromatic rings. The molecule has 0 N–H and O–H groups in total. The third-order valence-electron chi connectivity index (χ3n) is 4.61. The summed E-state index contributed by atoms with van der Waals surface area (Å²) < 4.78 is 2.29. The smallest absolute Gasteiger partial charge is 0.222 e. The molecule has 0 bridgehead atoms. The van der Waals surface area contributed by atoms with Gasteiger partial charge in [0.2, 0.25) is 5.28 Å². The summed E-state index contributed by atoms with van der Waals surface area (Å²) in [5.41, 5.74) is 5.35. The minimum atomic E-state index is 0.259. The summed E-state index contributed by atoms with van der Waals surface area (Å²) in [7, 11) is 0. The highest BCUT2D eigenvalue weighted by Crippen LogP contribution is 2.34. The Hall–Kier alpha value is -3.17. The predicted octanol–water partition coefficient (Wildman–Crippen LogP) is 5.89. The maximum absolute atomic E-state index is 5.97. The SMILES string of the molecule is Clc1nccc(-c2ccc3c(c2)c2ccccc2n3-c2ccccc2)n1. The van der Waals surface area contributed by atoms with Crippen molar-refractivity contribution in [1.82, 2.24) is 14.5 Å². The second-order valence-corrected chi connectivity index (χ2v) is 6.47. The summed E-state index contributed by atoms with van der Waals surface area (Å²) in [6.07, 6.45) is 1.68. The monoisotopic (exact) mass is 355 g/mol. The van der Waals surface area contributed by atoms with Crippen molar-refractivity contribution in [2.24, 2.45) is 0 Å². The number of fused-ring (bicyclic) bond motifs is 3. The van der Waals surface area contributed by atoms with E-state index < -0.39 is 0 Å². The van der Waals surface area contributed by atoms with Gasteiger partial charge in [-0.25, -0.2) is 9.97 Å². The summed E-state index contributed by atoms with van der Waals surface area (Å²) in [5.74, 6) is 0. The van der Waals surface area contributed by atoms with Crippen LogP contribution in [0, 0.1) is 0 Å². The first-order valence-corrected chi connectivity index (χ1v) is 8.76. The third-order valence-corrected chi connectivity index (χ3v) is 4.79. The molecule has 2 aromatic heterocycles. The zero-order chi connectivity index (χ0) is 17.5. The predicted molar refractivity (Wildman–Crippen MR) is 107 cm³/mol. The Morgan fingerprint density at radius 3 is 2.35 bits per heavy atom. The van der Waals surface area contributed by atoms with Gasteiger partial charge in [-0.2, -0.15) is 0 Å². The first-order chi connectivity index (χ1) is 12.8. The summed E-state index contributed by atoms with van der Waals surface area (Å²) in [5, 5.41) is 2.67. The van der Waals surface area contributed by atoms with Crippen LogP contribution in [0.5, 0.6) is 0 Å². The topological polar surface area (TPSA) is 30.7 Å². The van der Waals surface area contributed by atoms with Crippen LogP contribution in [0.4, 0.5) is 0 Å². The van der Waals surface area contributed by atoms with Crippen molar-refractivity contribution in [3.05, 3.63) is 90.3 Å². The molecule has 0 fully saturated rings. The average Bonchev–Trinajstić information content (AvgIpc) is 3.02. The largest absolute Gasteiger partial charge is 0.309 e. The van der Waals surface area contributed by atoms with Gasteiger partial charge in [0.1, 0.15) is 0 Å². The van der Waals surface area contributed by atoms with Gasteiger partial charge in [0.05, 0.1) is 16.7 Å². The highest BCUT2D eigenvalue weighted by atomic mass is 35.5. The van der Waals surface area contributed by atoms with Crippen LogP contribution in [-0.4, -0.2) is 14.5 Å². The Kier molecular flexibility index (Phi) is 3.47. The lowest BCUT2D eigenvalue weighted by atomic mass is 10.1. The van der Waals surface area contributed by atoms with Gasteiger partial charge in [-0.3, -0.25) is 0 Å². The molecule has 0 spiro atoms. The van der Waals surface area contributed by atoms with Crippen LogP contribution in [0.25, 0.3) is 38.8 Å². The van der Waals surface area contributed by atoms with Gasteiger partial charge in [0.15, 0.2) is 0 Å². The highest BCUT2D eigenvalue weighted by molar-refractivity contribution is 6.28. The third kappa shape index (κ3) is 2.37. The van der Waals surface area contributed by atoms with E-state index >= 15 is 0 Å². The average molecular weight is 356 g/mol. The molecule has 0 aliphatic carbocycles. The second-order valence-electron chi connectivity index (χ2n) is 6.13.